The normalized spacial score (nSPS) is 17.1. The number of rotatable bonds is 4. The van der Waals surface area contributed by atoms with Crippen LogP contribution in [0, 0.1) is 7.43 Å². The molecule has 1 saturated heterocycles. The number of aryl methyl sites for hydroxylation is 1. The van der Waals surface area contributed by atoms with E-state index < -0.39 is 6.36 Å². The summed E-state index contributed by atoms with van der Waals surface area (Å²) in [4.78, 5) is 6.45. The second-order valence-corrected chi connectivity index (χ2v) is 7.48. The summed E-state index contributed by atoms with van der Waals surface area (Å²) in [5.41, 5.74) is 3.63. The summed E-state index contributed by atoms with van der Waals surface area (Å²) in [6, 6.07) is 10.2. The van der Waals surface area contributed by atoms with Gasteiger partial charge in [0.25, 0.3) is 0 Å². The average Bonchev–Trinajstić information content (AvgIpc) is 3.00. The SMILES string of the molecule is Cn1cnc2ccc(C3CN(Cc4cc(Cl)cc(OC(F)(F)F)c4)CCO3)cc21.[CH3-].[Cs+]. The Morgan fingerprint density at radius 3 is 2.74 bits per heavy atom. The number of halogens is 4. The van der Waals surface area contributed by atoms with Crippen LogP contribution in [-0.4, -0.2) is 40.5 Å². The standard InChI is InChI=1S/C20H19ClF3N3O2.CH3.Cs/c1-26-12-25-17-3-2-14(8-18(17)26)19-11-27(4-5-28-19)10-13-6-15(21)9-16(7-13)29-20(22,23)24;;/h2-3,6-9,12,19H,4-5,10-11H2,1H3;1H3;/q;-1;+1. The minimum absolute atomic E-state index is 0. The quantitative estimate of drug-likeness (QED) is 0.449. The summed E-state index contributed by atoms with van der Waals surface area (Å²) in [6.45, 7) is 2.26. The molecule has 0 saturated carbocycles. The topological polar surface area (TPSA) is 39.5 Å². The van der Waals surface area contributed by atoms with Crippen LogP contribution < -0.4 is 73.6 Å². The third kappa shape index (κ3) is 7.12. The molecule has 0 bridgehead atoms. The molecule has 4 rings (SSSR count). The zero-order chi connectivity index (χ0) is 20.6. The number of morpholine rings is 1. The fourth-order valence-electron chi connectivity index (χ4n) is 3.55. The number of hydrogen-bond donors (Lipinski definition) is 0. The molecular weight excluding hydrogens is 552 g/mol. The Morgan fingerprint density at radius 2 is 2.00 bits per heavy atom. The second-order valence-electron chi connectivity index (χ2n) is 7.04. The van der Waals surface area contributed by atoms with E-state index >= 15 is 0 Å². The maximum absolute atomic E-state index is 12.5. The van der Waals surface area contributed by atoms with Gasteiger partial charge in [0.15, 0.2) is 0 Å². The van der Waals surface area contributed by atoms with Crippen molar-refractivity contribution in [3.05, 3.63) is 66.3 Å². The van der Waals surface area contributed by atoms with Gasteiger partial charge in [-0.15, -0.1) is 13.2 Å². The number of nitrogens with zero attached hydrogens (tertiary/aromatic N) is 3. The van der Waals surface area contributed by atoms with Gasteiger partial charge in [-0.2, -0.15) is 0 Å². The van der Waals surface area contributed by atoms with Crippen LogP contribution in [0.15, 0.2) is 42.7 Å². The molecule has 0 N–H and O–H groups in total. The maximum atomic E-state index is 12.5. The fourth-order valence-corrected chi connectivity index (χ4v) is 3.80. The van der Waals surface area contributed by atoms with Crippen molar-refractivity contribution in [2.45, 2.75) is 19.0 Å². The monoisotopic (exact) mass is 573 g/mol. The van der Waals surface area contributed by atoms with Crippen molar-refractivity contribution in [1.82, 2.24) is 14.5 Å². The Hall–Kier alpha value is -0.238. The van der Waals surface area contributed by atoms with E-state index in [1.54, 1.807) is 12.4 Å². The minimum atomic E-state index is -4.75. The van der Waals surface area contributed by atoms with Gasteiger partial charge in [-0.3, -0.25) is 4.90 Å². The van der Waals surface area contributed by atoms with Crippen molar-refractivity contribution in [1.29, 1.82) is 0 Å². The molecule has 0 aliphatic carbocycles. The smallest absolute Gasteiger partial charge is 0.406 e. The molecule has 1 atom stereocenters. The van der Waals surface area contributed by atoms with E-state index in [9.17, 15) is 13.2 Å². The van der Waals surface area contributed by atoms with Crippen LogP contribution in [0.5, 0.6) is 5.75 Å². The molecule has 1 unspecified atom stereocenters. The van der Waals surface area contributed by atoms with E-state index in [0.29, 0.717) is 31.8 Å². The zero-order valence-electron chi connectivity index (χ0n) is 17.6. The summed E-state index contributed by atoms with van der Waals surface area (Å²) in [6.07, 6.45) is -3.12. The van der Waals surface area contributed by atoms with Crippen LogP contribution in [0.1, 0.15) is 17.2 Å². The number of ether oxygens (including phenoxy) is 2. The van der Waals surface area contributed by atoms with E-state index in [0.717, 1.165) is 22.7 Å². The molecule has 0 amide bonds. The third-order valence-electron chi connectivity index (χ3n) is 4.84. The number of aromatic nitrogens is 2. The van der Waals surface area contributed by atoms with Crippen LogP contribution >= 0.6 is 11.6 Å². The summed E-state index contributed by atoms with van der Waals surface area (Å²) in [7, 11) is 1.94. The van der Waals surface area contributed by atoms with E-state index in [1.807, 2.05) is 23.7 Å². The van der Waals surface area contributed by atoms with Crippen LogP contribution in [0.2, 0.25) is 5.02 Å². The molecule has 0 spiro atoms. The van der Waals surface area contributed by atoms with Gasteiger partial charge in [-0.05, 0) is 41.5 Å². The molecule has 2 aromatic carbocycles. The first kappa shape index (κ1) is 27.0. The van der Waals surface area contributed by atoms with Crippen LogP contribution in [0.3, 0.4) is 0 Å². The Balaban J connectivity index is 0.00000171. The van der Waals surface area contributed by atoms with Crippen LogP contribution in [0.4, 0.5) is 13.2 Å². The second kappa shape index (κ2) is 11.3. The number of fused-ring (bicyclic) bond motifs is 1. The first-order valence-electron chi connectivity index (χ1n) is 9.07. The van der Waals surface area contributed by atoms with Crippen molar-refractivity contribution in [2.24, 2.45) is 7.05 Å². The van der Waals surface area contributed by atoms with E-state index in [-0.39, 0.29) is 93.2 Å². The first-order valence-corrected chi connectivity index (χ1v) is 9.45. The van der Waals surface area contributed by atoms with Gasteiger partial charge in [-0.25, -0.2) is 4.98 Å². The molecule has 1 fully saturated rings. The number of imidazole rings is 1. The summed E-state index contributed by atoms with van der Waals surface area (Å²) < 4.78 is 49.5. The number of alkyl halides is 3. The van der Waals surface area contributed by atoms with Gasteiger partial charge >= 0.3 is 75.3 Å². The molecular formula is C21H22ClCsF3N3O2. The molecule has 1 aromatic heterocycles. The molecule has 5 nitrogen and oxygen atoms in total. The molecule has 3 aromatic rings. The molecule has 31 heavy (non-hydrogen) atoms. The van der Waals surface area contributed by atoms with Crippen molar-refractivity contribution in [2.75, 3.05) is 19.7 Å². The van der Waals surface area contributed by atoms with E-state index in [2.05, 4.69) is 20.7 Å². The number of benzene rings is 2. The summed E-state index contributed by atoms with van der Waals surface area (Å²) in [5, 5.41) is 0.202. The fraction of sp³-hybridized carbons (Fsp3) is 0.333. The Morgan fingerprint density at radius 1 is 1.23 bits per heavy atom. The molecule has 1 aliphatic rings. The molecule has 10 heteroatoms. The van der Waals surface area contributed by atoms with Gasteiger partial charge in [0.05, 0.1) is 30.1 Å². The van der Waals surface area contributed by atoms with Gasteiger partial charge in [0.2, 0.25) is 0 Å². The van der Waals surface area contributed by atoms with Crippen molar-refractivity contribution in [3.63, 3.8) is 0 Å². The Kier molecular flexibility index (Phi) is 9.81. The Bertz CT molecular complexity index is 1030. The zero-order valence-corrected chi connectivity index (χ0v) is 24.7. The predicted molar refractivity (Wildman–Crippen MR) is 109 cm³/mol. The van der Waals surface area contributed by atoms with E-state index in [1.165, 1.54) is 6.07 Å². The van der Waals surface area contributed by atoms with Gasteiger partial charge in [-0.1, -0.05) is 17.7 Å². The minimum Gasteiger partial charge on any atom is -0.406 e. The summed E-state index contributed by atoms with van der Waals surface area (Å²) in [5.74, 6) is -0.313. The molecule has 2 heterocycles. The van der Waals surface area contributed by atoms with Gasteiger partial charge in [0, 0.05) is 31.7 Å². The first-order chi connectivity index (χ1) is 13.8. The van der Waals surface area contributed by atoms with Crippen LogP contribution in [-0.2, 0) is 18.3 Å². The van der Waals surface area contributed by atoms with Crippen molar-refractivity contribution < 1.29 is 91.5 Å². The molecule has 1 aliphatic heterocycles. The number of hydrogen-bond acceptors (Lipinski definition) is 4. The van der Waals surface area contributed by atoms with Crippen molar-refractivity contribution >= 4 is 22.6 Å². The average molecular weight is 574 g/mol. The third-order valence-corrected chi connectivity index (χ3v) is 5.06. The Labute approximate surface area is 243 Å². The predicted octanol–water partition coefficient (Wildman–Crippen LogP) is 2.15. The molecule has 0 radical (unpaired) electrons. The largest absolute Gasteiger partial charge is 1.00 e. The van der Waals surface area contributed by atoms with Crippen LogP contribution in [0.25, 0.3) is 11.0 Å². The summed E-state index contributed by atoms with van der Waals surface area (Å²) >= 11 is 5.98. The van der Waals surface area contributed by atoms with Crippen molar-refractivity contribution in [3.8, 4) is 5.75 Å². The van der Waals surface area contributed by atoms with Gasteiger partial charge < -0.3 is 21.5 Å². The van der Waals surface area contributed by atoms with E-state index in [4.69, 9.17) is 16.3 Å². The van der Waals surface area contributed by atoms with Gasteiger partial charge in [0.1, 0.15) is 5.75 Å². The molecule has 162 valence electrons. The maximum Gasteiger partial charge on any atom is 1.00 e.